The van der Waals surface area contributed by atoms with Crippen LogP contribution < -0.4 is 10.1 Å². The molecule has 2 N–H and O–H groups in total. The summed E-state index contributed by atoms with van der Waals surface area (Å²) in [5, 5.41) is 2.70. The molecule has 1 fully saturated rings. The molecular weight excluding hydrogens is 334 g/mol. The van der Waals surface area contributed by atoms with Crippen molar-refractivity contribution in [1.82, 2.24) is 15.2 Å². The first kappa shape index (κ1) is 17.7. The number of ketones is 1. The van der Waals surface area contributed by atoms with E-state index in [4.69, 9.17) is 4.74 Å². The molecule has 1 aliphatic heterocycles. The number of aromatic nitrogens is 1. The average Bonchev–Trinajstić information content (AvgIpc) is 3.06. The lowest BCUT2D eigenvalue weighted by atomic mass is 9.92. The molecule has 1 aromatic heterocycles. The highest BCUT2D eigenvalue weighted by Gasteiger charge is 2.49. The summed E-state index contributed by atoms with van der Waals surface area (Å²) in [5.41, 5.74) is 1.47. The molecule has 0 spiro atoms. The minimum absolute atomic E-state index is 0.283. The predicted octanol–water partition coefficient (Wildman–Crippen LogP) is 2.29. The molecule has 1 unspecified atom stereocenters. The quantitative estimate of drug-likeness (QED) is 0.636. The molecule has 3 amide bonds. The van der Waals surface area contributed by atoms with Crippen LogP contribution in [0.5, 0.6) is 5.75 Å². The van der Waals surface area contributed by atoms with Crippen molar-refractivity contribution in [3.8, 4) is 5.75 Å². The number of amides is 3. The van der Waals surface area contributed by atoms with Crippen LogP contribution in [0.3, 0.4) is 0 Å². The number of nitrogens with one attached hydrogen (secondary N) is 2. The number of ether oxygens (including phenoxy) is 1. The lowest BCUT2D eigenvalue weighted by Gasteiger charge is -2.22. The minimum Gasteiger partial charge on any atom is -0.497 e. The van der Waals surface area contributed by atoms with E-state index in [2.05, 4.69) is 10.3 Å². The summed E-state index contributed by atoms with van der Waals surface area (Å²) < 4.78 is 5.12. The summed E-state index contributed by atoms with van der Waals surface area (Å²) in [6, 6.07) is 8.04. The highest BCUT2D eigenvalue weighted by Crippen LogP contribution is 2.30. The van der Waals surface area contributed by atoms with E-state index in [9.17, 15) is 14.4 Å². The monoisotopic (exact) mass is 355 g/mol. The third kappa shape index (κ3) is 2.85. The van der Waals surface area contributed by atoms with Gasteiger partial charge in [0.2, 0.25) is 0 Å². The summed E-state index contributed by atoms with van der Waals surface area (Å²) in [7, 11) is 1.55. The number of rotatable bonds is 5. The number of aromatic amines is 1. The molecule has 136 valence electrons. The van der Waals surface area contributed by atoms with Crippen LogP contribution in [0.4, 0.5) is 4.79 Å². The van der Waals surface area contributed by atoms with Crippen LogP contribution in [0.2, 0.25) is 0 Å². The van der Waals surface area contributed by atoms with Gasteiger partial charge in [-0.05, 0) is 44.5 Å². The van der Waals surface area contributed by atoms with E-state index >= 15 is 0 Å². The van der Waals surface area contributed by atoms with Gasteiger partial charge in [0, 0.05) is 17.0 Å². The minimum atomic E-state index is -1.22. The number of hydrogen-bond donors (Lipinski definition) is 2. The Labute approximate surface area is 151 Å². The van der Waals surface area contributed by atoms with E-state index in [0.29, 0.717) is 16.9 Å². The molecule has 3 rings (SSSR count). The van der Waals surface area contributed by atoms with E-state index in [1.165, 1.54) is 0 Å². The number of urea groups is 1. The highest BCUT2D eigenvalue weighted by molar-refractivity contribution is 6.11. The number of carbonyl (C=O) groups is 3. The number of Topliss-reactive ketones (excluding diaryl/α,β-unsaturated/α-hetero) is 1. The second kappa shape index (κ2) is 6.33. The van der Waals surface area contributed by atoms with Gasteiger partial charge in [-0.1, -0.05) is 12.1 Å². The predicted molar refractivity (Wildman–Crippen MR) is 95.2 cm³/mol. The standard InChI is InChI=1S/C19H21N3O4/c1-11-9-15(12(2)20-11)16(23)10-22-17(24)19(3,21-18(22)25)13-5-7-14(26-4)8-6-13/h5-9,20H,10H2,1-4H3,(H,21,25). The number of methoxy groups -OCH3 is 1. The maximum Gasteiger partial charge on any atom is 0.325 e. The van der Waals surface area contributed by atoms with Crippen LogP contribution in [0.25, 0.3) is 0 Å². The molecule has 2 heterocycles. The van der Waals surface area contributed by atoms with Crippen LogP contribution in [0, 0.1) is 13.8 Å². The summed E-state index contributed by atoms with van der Waals surface area (Å²) in [6.45, 7) is 4.96. The lowest BCUT2D eigenvalue weighted by molar-refractivity contribution is -0.130. The fourth-order valence-corrected chi connectivity index (χ4v) is 3.20. The summed E-state index contributed by atoms with van der Waals surface area (Å²) >= 11 is 0. The number of benzene rings is 1. The van der Waals surface area contributed by atoms with Gasteiger partial charge in [-0.3, -0.25) is 14.5 Å². The molecule has 26 heavy (non-hydrogen) atoms. The van der Waals surface area contributed by atoms with E-state index in [1.54, 1.807) is 51.3 Å². The van der Waals surface area contributed by atoms with E-state index < -0.39 is 17.5 Å². The molecule has 0 bridgehead atoms. The van der Waals surface area contributed by atoms with Crippen molar-refractivity contribution >= 4 is 17.7 Å². The Bertz CT molecular complexity index is 885. The summed E-state index contributed by atoms with van der Waals surface area (Å²) in [6.07, 6.45) is 0. The van der Waals surface area contributed by atoms with Crippen molar-refractivity contribution in [3.63, 3.8) is 0 Å². The third-order valence-corrected chi connectivity index (χ3v) is 4.69. The average molecular weight is 355 g/mol. The van der Waals surface area contributed by atoms with Gasteiger partial charge in [0.1, 0.15) is 11.3 Å². The normalized spacial score (nSPS) is 19.6. The van der Waals surface area contributed by atoms with Crippen molar-refractivity contribution in [2.75, 3.05) is 13.7 Å². The molecule has 2 aromatic rings. The molecule has 1 saturated heterocycles. The van der Waals surface area contributed by atoms with E-state index in [-0.39, 0.29) is 12.3 Å². The first-order chi connectivity index (χ1) is 12.3. The number of imide groups is 1. The SMILES string of the molecule is COc1ccc(C2(C)NC(=O)N(CC(=O)c3cc(C)[nH]c3C)C2=O)cc1. The number of carbonyl (C=O) groups excluding carboxylic acids is 3. The van der Waals surface area contributed by atoms with Crippen LogP contribution >= 0.6 is 0 Å². The number of nitrogens with zero attached hydrogens (tertiary/aromatic N) is 1. The van der Waals surface area contributed by atoms with Gasteiger partial charge < -0.3 is 15.0 Å². The van der Waals surface area contributed by atoms with Crippen LogP contribution in [0.1, 0.15) is 34.2 Å². The Hall–Kier alpha value is -3.09. The zero-order valence-electron chi connectivity index (χ0n) is 15.2. The van der Waals surface area contributed by atoms with Crippen molar-refractivity contribution < 1.29 is 19.1 Å². The van der Waals surface area contributed by atoms with Crippen LogP contribution in [-0.4, -0.2) is 41.3 Å². The first-order valence-electron chi connectivity index (χ1n) is 8.24. The Morgan fingerprint density at radius 3 is 2.38 bits per heavy atom. The van der Waals surface area contributed by atoms with Crippen molar-refractivity contribution in [2.45, 2.75) is 26.3 Å². The first-order valence-corrected chi connectivity index (χ1v) is 8.24. The Morgan fingerprint density at radius 1 is 1.19 bits per heavy atom. The molecule has 7 heteroatoms. The zero-order chi connectivity index (χ0) is 19.1. The lowest BCUT2D eigenvalue weighted by Crippen LogP contribution is -2.41. The third-order valence-electron chi connectivity index (χ3n) is 4.69. The van der Waals surface area contributed by atoms with Crippen LogP contribution in [0.15, 0.2) is 30.3 Å². The zero-order valence-corrected chi connectivity index (χ0v) is 15.2. The van der Waals surface area contributed by atoms with Crippen molar-refractivity contribution in [1.29, 1.82) is 0 Å². The van der Waals surface area contributed by atoms with Gasteiger partial charge in [-0.25, -0.2) is 4.79 Å². The van der Waals surface area contributed by atoms with Crippen LogP contribution in [-0.2, 0) is 10.3 Å². The summed E-state index contributed by atoms with van der Waals surface area (Å²) in [5.74, 6) is -0.0836. The molecular formula is C19H21N3O4. The van der Waals surface area contributed by atoms with Gasteiger partial charge in [0.15, 0.2) is 5.78 Å². The van der Waals surface area contributed by atoms with Gasteiger partial charge in [0.25, 0.3) is 5.91 Å². The molecule has 1 aliphatic rings. The Morgan fingerprint density at radius 2 is 1.85 bits per heavy atom. The second-order valence-electron chi connectivity index (χ2n) is 6.59. The highest BCUT2D eigenvalue weighted by atomic mass is 16.5. The number of H-pyrrole nitrogens is 1. The number of aryl methyl sites for hydroxylation is 2. The van der Waals surface area contributed by atoms with Crippen molar-refractivity contribution in [3.05, 3.63) is 52.8 Å². The van der Waals surface area contributed by atoms with Gasteiger partial charge >= 0.3 is 6.03 Å². The molecule has 7 nitrogen and oxygen atoms in total. The fraction of sp³-hybridized carbons (Fsp3) is 0.316. The maximum absolute atomic E-state index is 12.9. The maximum atomic E-state index is 12.9. The summed E-state index contributed by atoms with van der Waals surface area (Å²) in [4.78, 5) is 41.8. The van der Waals surface area contributed by atoms with Gasteiger partial charge in [-0.2, -0.15) is 0 Å². The Balaban J connectivity index is 1.84. The Kier molecular flexibility index (Phi) is 4.31. The molecule has 0 saturated carbocycles. The molecule has 1 aromatic carbocycles. The second-order valence-corrected chi connectivity index (χ2v) is 6.59. The molecule has 1 atom stereocenters. The number of hydrogen-bond acceptors (Lipinski definition) is 4. The largest absolute Gasteiger partial charge is 0.497 e. The molecule has 0 radical (unpaired) electrons. The fourth-order valence-electron chi connectivity index (χ4n) is 3.20. The smallest absolute Gasteiger partial charge is 0.325 e. The molecule has 0 aliphatic carbocycles. The van der Waals surface area contributed by atoms with Gasteiger partial charge in [-0.15, -0.1) is 0 Å². The van der Waals surface area contributed by atoms with E-state index in [0.717, 1.165) is 16.3 Å². The van der Waals surface area contributed by atoms with Crippen molar-refractivity contribution in [2.24, 2.45) is 0 Å². The van der Waals surface area contributed by atoms with Gasteiger partial charge in [0.05, 0.1) is 13.7 Å². The van der Waals surface area contributed by atoms with E-state index in [1.807, 2.05) is 6.92 Å². The topological polar surface area (TPSA) is 91.5 Å².